The molecule has 2 atom stereocenters. The Kier molecular flexibility index (Phi) is 8.25. The molecule has 1 fully saturated rings. The van der Waals surface area contributed by atoms with Crippen molar-refractivity contribution >= 4 is 17.8 Å². The van der Waals surface area contributed by atoms with E-state index in [1.54, 1.807) is 6.20 Å². The van der Waals surface area contributed by atoms with Crippen molar-refractivity contribution in [3.8, 4) is 11.3 Å². The van der Waals surface area contributed by atoms with Crippen molar-refractivity contribution in [2.75, 3.05) is 0 Å². The molecule has 1 aliphatic carbocycles. The normalized spacial score (nSPS) is 16.8. The number of benzene rings is 1. The van der Waals surface area contributed by atoms with Crippen LogP contribution in [0, 0.1) is 11.3 Å². The molecule has 2 aromatic rings. The number of nitrogens with zero attached hydrogens (tertiary/aromatic N) is 1. The van der Waals surface area contributed by atoms with Gasteiger partial charge in [0.25, 0.3) is 0 Å². The third-order valence-electron chi connectivity index (χ3n) is 6.53. The first-order valence-corrected chi connectivity index (χ1v) is 11.6. The summed E-state index contributed by atoms with van der Waals surface area (Å²) < 4.78 is 5.75. The number of carbonyl (C=O) groups is 3. The first kappa shape index (κ1) is 24.5. The number of hydrogen-bond donors (Lipinski definition) is 3. The van der Waals surface area contributed by atoms with E-state index in [9.17, 15) is 24.6 Å². The van der Waals surface area contributed by atoms with E-state index < -0.39 is 29.3 Å². The van der Waals surface area contributed by atoms with E-state index in [2.05, 4.69) is 10.3 Å². The molecule has 33 heavy (non-hydrogen) atoms. The number of hydrogen-bond acceptors (Lipinski definition) is 5. The van der Waals surface area contributed by atoms with Gasteiger partial charge >= 0.3 is 11.9 Å². The second-order valence-electron chi connectivity index (χ2n) is 8.90. The van der Waals surface area contributed by atoms with Crippen molar-refractivity contribution in [1.82, 2.24) is 10.3 Å². The van der Waals surface area contributed by atoms with Crippen LogP contribution in [0.3, 0.4) is 0 Å². The molecule has 3 rings (SSSR count). The van der Waals surface area contributed by atoms with Gasteiger partial charge in [-0.1, -0.05) is 56.5 Å². The monoisotopic (exact) mass is 456 g/mol. The Morgan fingerprint density at radius 2 is 1.79 bits per heavy atom. The summed E-state index contributed by atoms with van der Waals surface area (Å²) in [5.41, 5.74) is 0.0533. The zero-order valence-electron chi connectivity index (χ0n) is 19.0. The van der Waals surface area contributed by atoms with Crippen LogP contribution in [0.15, 0.2) is 40.9 Å². The van der Waals surface area contributed by atoms with Gasteiger partial charge in [0.05, 0.1) is 17.5 Å². The maximum atomic E-state index is 13.2. The third kappa shape index (κ3) is 6.21. The van der Waals surface area contributed by atoms with Crippen molar-refractivity contribution < 1.29 is 29.0 Å². The fraction of sp³-hybridized carbons (Fsp3) is 0.520. The first-order chi connectivity index (χ1) is 15.8. The summed E-state index contributed by atoms with van der Waals surface area (Å²) in [6.07, 6.45) is 6.28. The lowest BCUT2D eigenvalue weighted by Crippen LogP contribution is -2.49. The molecule has 0 saturated heterocycles. The summed E-state index contributed by atoms with van der Waals surface area (Å²) in [6.45, 7) is 1.92. The third-order valence-corrected chi connectivity index (χ3v) is 6.53. The van der Waals surface area contributed by atoms with E-state index in [1.807, 2.05) is 37.3 Å². The van der Waals surface area contributed by atoms with Crippen LogP contribution in [-0.2, 0) is 20.8 Å². The van der Waals surface area contributed by atoms with Crippen molar-refractivity contribution in [3.05, 3.63) is 42.4 Å². The smallest absolute Gasteiger partial charge is 0.326 e. The molecular weight excluding hydrogens is 424 g/mol. The minimum atomic E-state index is -1.13. The number of aliphatic carboxylic acids is 2. The highest BCUT2D eigenvalue weighted by atomic mass is 16.4. The average Bonchev–Trinajstić information content (AvgIpc) is 3.47. The molecule has 0 aliphatic heterocycles. The molecule has 1 saturated carbocycles. The molecule has 1 amide bonds. The van der Waals surface area contributed by atoms with Gasteiger partial charge in [0.2, 0.25) is 5.91 Å². The van der Waals surface area contributed by atoms with Gasteiger partial charge in [-0.15, -0.1) is 0 Å². The maximum absolute atomic E-state index is 13.2. The van der Waals surface area contributed by atoms with Gasteiger partial charge in [-0.05, 0) is 32.1 Å². The van der Waals surface area contributed by atoms with Crippen molar-refractivity contribution in [2.45, 2.75) is 70.8 Å². The Morgan fingerprint density at radius 1 is 1.09 bits per heavy atom. The van der Waals surface area contributed by atoms with Crippen molar-refractivity contribution in [1.29, 1.82) is 0 Å². The number of oxazole rings is 1. The number of carbonyl (C=O) groups excluding carboxylic acids is 1. The Hall–Kier alpha value is -3.16. The molecule has 0 radical (unpaired) electrons. The molecule has 1 aromatic heterocycles. The molecule has 178 valence electrons. The molecule has 3 N–H and O–H groups in total. The number of carboxylic acids is 2. The molecule has 1 aliphatic rings. The predicted molar refractivity (Wildman–Crippen MR) is 121 cm³/mol. The second-order valence-corrected chi connectivity index (χ2v) is 8.90. The fourth-order valence-corrected chi connectivity index (χ4v) is 4.71. The van der Waals surface area contributed by atoms with Gasteiger partial charge in [0.15, 0.2) is 11.7 Å². The number of carboxylic acid groups (broad SMARTS) is 2. The van der Waals surface area contributed by atoms with Crippen molar-refractivity contribution in [2.24, 2.45) is 11.3 Å². The second kappa shape index (κ2) is 11.1. The molecule has 1 heterocycles. The van der Waals surface area contributed by atoms with Crippen LogP contribution < -0.4 is 5.32 Å². The molecular formula is C25H32N2O6. The highest BCUT2D eigenvalue weighted by molar-refractivity contribution is 5.88. The predicted octanol–water partition coefficient (Wildman–Crippen LogP) is 4.30. The maximum Gasteiger partial charge on any atom is 0.326 e. The zero-order valence-corrected chi connectivity index (χ0v) is 19.0. The van der Waals surface area contributed by atoms with Crippen LogP contribution in [-0.4, -0.2) is 39.1 Å². The highest BCUT2D eigenvalue weighted by Gasteiger charge is 2.44. The lowest BCUT2D eigenvalue weighted by atomic mass is 9.75. The highest BCUT2D eigenvalue weighted by Crippen LogP contribution is 2.44. The quantitative estimate of drug-likeness (QED) is 0.434. The van der Waals surface area contributed by atoms with E-state index in [0.717, 1.165) is 18.4 Å². The van der Waals surface area contributed by atoms with Gasteiger partial charge in [0.1, 0.15) is 6.04 Å². The number of aromatic nitrogens is 1. The Balaban J connectivity index is 1.65. The minimum absolute atomic E-state index is 0.128. The van der Waals surface area contributed by atoms with Gasteiger partial charge in [0, 0.05) is 12.0 Å². The van der Waals surface area contributed by atoms with Crippen LogP contribution in [0.2, 0.25) is 0 Å². The largest absolute Gasteiger partial charge is 0.481 e. The lowest BCUT2D eigenvalue weighted by Gasteiger charge is -2.31. The Bertz CT molecular complexity index is 949. The van der Waals surface area contributed by atoms with E-state index in [-0.39, 0.29) is 25.2 Å². The fourth-order valence-electron chi connectivity index (χ4n) is 4.71. The number of nitrogens with one attached hydrogen (secondary N) is 1. The van der Waals surface area contributed by atoms with Gasteiger partial charge in [-0.2, -0.15) is 0 Å². The summed E-state index contributed by atoms with van der Waals surface area (Å²) in [7, 11) is 0. The van der Waals surface area contributed by atoms with E-state index in [0.29, 0.717) is 37.3 Å². The Labute approximate surface area is 193 Å². The van der Waals surface area contributed by atoms with Crippen LogP contribution in [0.25, 0.3) is 11.3 Å². The summed E-state index contributed by atoms with van der Waals surface area (Å²) in [4.78, 5) is 41.0. The van der Waals surface area contributed by atoms with E-state index >= 15 is 0 Å². The number of rotatable bonds is 12. The summed E-state index contributed by atoms with van der Waals surface area (Å²) >= 11 is 0. The molecule has 0 bridgehead atoms. The number of amides is 1. The summed E-state index contributed by atoms with van der Waals surface area (Å²) in [6, 6.07) is 8.38. The van der Waals surface area contributed by atoms with Crippen LogP contribution in [0.1, 0.15) is 64.2 Å². The first-order valence-electron chi connectivity index (χ1n) is 11.6. The molecule has 8 nitrogen and oxygen atoms in total. The van der Waals surface area contributed by atoms with Crippen LogP contribution in [0.4, 0.5) is 0 Å². The van der Waals surface area contributed by atoms with E-state index in [4.69, 9.17) is 4.42 Å². The molecule has 0 spiro atoms. The van der Waals surface area contributed by atoms with Crippen LogP contribution in [0.5, 0.6) is 0 Å². The lowest BCUT2D eigenvalue weighted by molar-refractivity contribution is -0.147. The standard InChI is InChI=1S/C25H32N2O6/c1-2-8-18(22(28)29)15-25(13-6-7-14-25)24(32)27-19(23(30)31)11-12-21-26-16-20(33-21)17-9-4-3-5-10-17/h3-5,9-10,16,18-19H,2,6-8,11-15H2,1H3,(H,27,32)(H,28,29)(H,30,31)/t18-,19?/m1/s1. The molecule has 8 heteroatoms. The summed E-state index contributed by atoms with van der Waals surface area (Å²) in [5.74, 6) is -1.99. The van der Waals surface area contributed by atoms with E-state index in [1.165, 1.54) is 0 Å². The van der Waals surface area contributed by atoms with Crippen LogP contribution >= 0.6 is 0 Å². The summed E-state index contributed by atoms with van der Waals surface area (Å²) in [5, 5.41) is 22.0. The van der Waals surface area contributed by atoms with Crippen molar-refractivity contribution in [3.63, 3.8) is 0 Å². The van der Waals surface area contributed by atoms with Gasteiger partial charge in [-0.25, -0.2) is 9.78 Å². The topological polar surface area (TPSA) is 130 Å². The number of aryl methyl sites for hydroxylation is 1. The van der Waals surface area contributed by atoms with Gasteiger partial charge in [-0.3, -0.25) is 9.59 Å². The minimum Gasteiger partial charge on any atom is -0.481 e. The average molecular weight is 457 g/mol. The van der Waals surface area contributed by atoms with Gasteiger partial charge < -0.3 is 19.9 Å². The zero-order chi connectivity index (χ0) is 23.8. The molecule has 1 aromatic carbocycles. The molecule has 1 unspecified atom stereocenters. The SMILES string of the molecule is CCC[C@H](CC1(C(=O)NC(CCc2ncc(-c3ccccc3)o2)C(=O)O)CCCC1)C(=O)O. The Morgan fingerprint density at radius 3 is 2.39 bits per heavy atom.